The lowest BCUT2D eigenvalue weighted by atomic mass is 10.00. The molecule has 39 heavy (non-hydrogen) atoms. The molecule has 0 saturated heterocycles. The lowest BCUT2D eigenvalue weighted by Gasteiger charge is -2.25. The first-order chi connectivity index (χ1) is 18.4. The van der Waals surface area contributed by atoms with Crippen LogP contribution in [0.15, 0.2) is 66.7 Å². The van der Waals surface area contributed by atoms with Crippen LogP contribution in [0.5, 0.6) is 5.75 Å². The first-order valence-electron chi connectivity index (χ1n) is 12.0. The van der Waals surface area contributed by atoms with Gasteiger partial charge in [-0.1, -0.05) is 29.8 Å². The van der Waals surface area contributed by atoms with Crippen molar-refractivity contribution in [2.75, 3.05) is 6.54 Å². The zero-order valence-corrected chi connectivity index (χ0v) is 20.8. The van der Waals surface area contributed by atoms with Gasteiger partial charge in [0.25, 0.3) is 5.91 Å². The Morgan fingerprint density at radius 2 is 1.74 bits per heavy atom. The summed E-state index contributed by atoms with van der Waals surface area (Å²) in [6.07, 6.45) is -6.10. The Kier molecular flexibility index (Phi) is 8.51. The smallest absolute Gasteiger partial charge is 0.406 e. The van der Waals surface area contributed by atoms with Crippen molar-refractivity contribution >= 4 is 16.8 Å². The van der Waals surface area contributed by atoms with Gasteiger partial charge < -0.3 is 25.5 Å². The van der Waals surface area contributed by atoms with Crippen molar-refractivity contribution < 1.29 is 36.6 Å². The number of aryl methyl sites for hydroxylation is 1. The van der Waals surface area contributed by atoms with Crippen molar-refractivity contribution in [3.05, 3.63) is 101 Å². The predicted molar refractivity (Wildman–Crippen MR) is 135 cm³/mol. The number of ether oxygens (including phenoxy) is 1. The molecule has 11 heteroatoms. The third kappa shape index (κ3) is 8.01. The minimum absolute atomic E-state index is 0.0181. The topological polar surface area (TPSA) is 86.4 Å². The minimum Gasteiger partial charge on any atom is -0.406 e. The SMILES string of the molecule is Cc1cccc(CNC[C@@H](O)[C@H](Cc2cc(F)cc(F)c2)NC(=O)c2cc3cc(OC(F)(F)F)ccc3[nH]2)c1. The highest BCUT2D eigenvalue weighted by Crippen LogP contribution is 2.27. The molecule has 206 valence electrons. The van der Waals surface area contributed by atoms with Gasteiger partial charge in [0.15, 0.2) is 0 Å². The zero-order valence-electron chi connectivity index (χ0n) is 20.8. The molecular formula is C28H26F5N3O3. The van der Waals surface area contributed by atoms with Crippen molar-refractivity contribution in [1.82, 2.24) is 15.6 Å². The van der Waals surface area contributed by atoms with Crippen molar-refractivity contribution in [2.24, 2.45) is 0 Å². The molecule has 1 amide bonds. The number of fused-ring (bicyclic) bond motifs is 1. The Morgan fingerprint density at radius 1 is 1.00 bits per heavy atom. The van der Waals surface area contributed by atoms with Gasteiger partial charge >= 0.3 is 6.36 Å². The molecule has 0 radical (unpaired) electrons. The van der Waals surface area contributed by atoms with Gasteiger partial charge in [-0.25, -0.2) is 8.78 Å². The molecule has 1 heterocycles. The maximum atomic E-state index is 13.8. The van der Waals surface area contributed by atoms with E-state index < -0.39 is 41.8 Å². The summed E-state index contributed by atoms with van der Waals surface area (Å²) in [6, 6.07) is 14.7. The fraction of sp³-hybridized carbons (Fsp3) is 0.250. The second-order valence-corrected chi connectivity index (χ2v) is 9.23. The lowest BCUT2D eigenvalue weighted by molar-refractivity contribution is -0.274. The van der Waals surface area contributed by atoms with Crippen molar-refractivity contribution in [3.8, 4) is 5.75 Å². The summed E-state index contributed by atoms with van der Waals surface area (Å²) in [6.45, 7) is 2.45. The number of nitrogens with one attached hydrogen (secondary N) is 3. The number of carbonyl (C=O) groups excluding carboxylic acids is 1. The first-order valence-corrected chi connectivity index (χ1v) is 12.0. The number of hydrogen-bond donors (Lipinski definition) is 4. The van der Waals surface area contributed by atoms with Crippen LogP contribution >= 0.6 is 0 Å². The molecule has 0 unspecified atom stereocenters. The average Bonchev–Trinajstić information content (AvgIpc) is 3.25. The fourth-order valence-electron chi connectivity index (χ4n) is 4.27. The Hall–Kier alpha value is -3.96. The summed E-state index contributed by atoms with van der Waals surface area (Å²) in [5.41, 5.74) is 2.69. The molecule has 4 N–H and O–H groups in total. The molecule has 0 spiro atoms. The molecule has 1 aromatic heterocycles. The van der Waals surface area contributed by atoms with E-state index in [2.05, 4.69) is 20.4 Å². The molecule has 0 fully saturated rings. The maximum Gasteiger partial charge on any atom is 0.573 e. The molecule has 6 nitrogen and oxygen atoms in total. The van der Waals surface area contributed by atoms with E-state index in [1.54, 1.807) is 0 Å². The van der Waals surface area contributed by atoms with Gasteiger partial charge in [0.1, 0.15) is 23.1 Å². The number of rotatable bonds is 10. The Morgan fingerprint density at radius 3 is 2.44 bits per heavy atom. The Balaban J connectivity index is 1.50. The lowest BCUT2D eigenvalue weighted by Crippen LogP contribution is -2.48. The summed E-state index contributed by atoms with van der Waals surface area (Å²) < 4.78 is 69.2. The van der Waals surface area contributed by atoms with Crippen LogP contribution in [0.25, 0.3) is 10.9 Å². The number of alkyl halides is 3. The van der Waals surface area contributed by atoms with Gasteiger partial charge in [-0.15, -0.1) is 13.2 Å². The van der Waals surface area contributed by atoms with E-state index in [1.807, 2.05) is 31.2 Å². The fourth-order valence-corrected chi connectivity index (χ4v) is 4.27. The molecule has 4 aromatic rings. The van der Waals surface area contributed by atoms with E-state index in [9.17, 15) is 31.9 Å². The van der Waals surface area contributed by atoms with Crippen LogP contribution in [0.4, 0.5) is 22.0 Å². The number of aromatic nitrogens is 1. The van der Waals surface area contributed by atoms with E-state index in [1.165, 1.54) is 12.1 Å². The number of carbonyl (C=O) groups is 1. The van der Waals surface area contributed by atoms with Gasteiger partial charge in [0, 0.05) is 30.1 Å². The van der Waals surface area contributed by atoms with Crippen molar-refractivity contribution in [1.29, 1.82) is 0 Å². The zero-order chi connectivity index (χ0) is 28.2. The van der Waals surface area contributed by atoms with E-state index in [-0.39, 0.29) is 24.2 Å². The van der Waals surface area contributed by atoms with Crippen molar-refractivity contribution in [3.63, 3.8) is 0 Å². The number of amides is 1. The van der Waals surface area contributed by atoms with Crippen LogP contribution in [0.3, 0.4) is 0 Å². The quantitative estimate of drug-likeness (QED) is 0.207. The second-order valence-electron chi connectivity index (χ2n) is 9.23. The number of hydrogen-bond acceptors (Lipinski definition) is 4. The number of aliphatic hydroxyl groups excluding tert-OH is 1. The maximum absolute atomic E-state index is 13.8. The number of H-pyrrole nitrogens is 1. The van der Waals surface area contributed by atoms with Crippen LogP contribution in [0.2, 0.25) is 0 Å². The number of benzene rings is 3. The normalized spacial score (nSPS) is 13.3. The molecule has 4 rings (SSSR count). The Labute approximate surface area is 220 Å². The monoisotopic (exact) mass is 547 g/mol. The summed E-state index contributed by atoms with van der Waals surface area (Å²) in [4.78, 5) is 15.9. The van der Waals surface area contributed by atoms with Gasteiger partial charge in [-0.2, -0.15) is 0 Å². The van der Waals surface area contributed by atoms with Crippen LogP contribution in [-0.2, 0) is 13.0 Å². The molecule has 0 bridgehead atoms. The van der Waals surface area contributed by atoms with Crippen molar-refractivity contribution in [2.45, 2.75) is 38.4 Å². The first kappa shape index (κ1) is 28.1. The van der Waals surface area contributed by atoms with Crippen LogP contribution < -0.4 is 15.4 Å². The Bertz CT molecular complexity index is 1430. The molecule has 3 aromatic carbocycles. The second kappa shape index (κ2) is 11.8. The molecule has 2 atom stereocenters. The molecule has 0 aliphatic heterocycles. The minimum atomic E-state index is -4.86. The number of aliphatic hydroxyl groups is 1. The predicted octanol–water partition coefficient (Wildman–Crippen LogP) is 5.14. The van der Waals surface area contributed by atoms with E-state index in [4.69, 9.17) is 0 Å². The largest absolute Gasteiger partial charge is 0.573 e. The standard InChI is InChI=1S/C28H26F5N3O3/c1-16-3-2-4-17(7-16)14-34-15-26(37)24(10-18-8-20(29)13-21(30)9-18)36-27(38)25-12-19-11-22(39-28(31,32)33)5-6-23(19)35-25/h2-9,11-13,24,26,34-35,37H,10,14-15H2,1H3,(H,36,38)/t24-,26+/m0/s1. The van der Waals surface area contributed by atoms with Gasteiger partial charge in [-0.3, -0.25) is 4.79 Å². The molecule has 0 aliphatic carbocycles. The van der Waals surface area contributed by atoms with Gasteiger partial charge in [0.05, 0.1) is 12.1 Å². The average molecular weight is 548 g/mol. The molecular weight excluding hydrogens is 521 g/mol. The van der Waals surface area contributed by atoms with E-state index >= 15 is 0 Å². The third-order valence-electron chi connectivity index (χ3n) is 5.99. The summed E-state index contributed by atoms with van der Waals surface area (Å²) in [7, 11) is 0. The van der Waals surface area contributed by atoms with Gasteiger partial charge in [-0.05, 0) is 60.9 Å². The van der Waals surface area contributed by atoms with Crippen LogP contribution in [0, 0.1) is 18.6 Å². The van der Waals surface area contributed by atoms with E-state index in [0.29, 0.717) is 17.4 Å². The summed E-state index contributed by atoms with van der Waals surface area (Å²) >= 11 is 0. The van der Waals surface area contributed by atoms with E-state index in [0.717, 1.165) is 41.5 Å². The third-order valence-corrected chi connectivity index (χ3v) is 5.99. The number of halogens is 5. The highest BCUT2D eigenvalue weighted by molar-refractivity contribution is 5.98. The highest BCUT2D eigenvalue weighted by Gasteiger charge is 2.31. The summed E-state index contributed by atoms with van der Waals surface area (Å²) in [5, 5.41) is 17.0. The number of aromatic amines is 1. The van der Waals surface area contributed by atoms with Crippen LogP contribution in [0.1, 0.15) is 27.2 Å². The molecule has 0 saturated carbocycles. The summed E-state index contributed by atoms with van der Waals surface area (Å²) in [5.74, 6) is -2.70. The van der Waals surface area contributed by atoms with Crippen LogP contribution in [-0.4, -0.2) is 41.1 Å². The van der Waals surface area contributed by atoms with Gasteiger partial charge in [0.2, 0.25) is 0 Å². The molecule has 0 aliphatic rings. The highest BCUT2D eigenvalue weighted by atomic mass is 19.4.